The molecule has 6 heteroatoms. The van der Waals surface area contributed by atoms with Gasteiger partial charge in [0.25, 0.3) is 0 Å². The van der Waals surface area contributed by atoms with Crippen LogP contribution in [0.1, 0.15) is 23.6 Å². The second kappa shape index (κ2) is 7.66. The summed E-state index contributed by atoms with van der Waals surface area (Å²) in [5.41, 5.74) is 9.75. The van der Waals surface area contributed by atoms with E-state index in [1.807, 2.05) is 4.90 Å². The number of piperazine rings is 1. The van der Waals surface area contributed by atoms with Crippen molar-refractivity contribution in [1.82, 2.24) is 15.8 Å². The standard InChI is InChI=1S/C21H25FN4O/c1-15-3-2-4-18(13-15)25-9-11-26(12-10-25)21(27)20-14-19(23-24-20)16-5-7-17(22)8-6-16/h2-8,13,19-20,23-24H,9-12,14H2,1H3. The molecule has 0 bridgehead atoms. The molecule has 2 aromatic rings. The van der Waals surface area contributed by atoms with Crippen LogP contribution in [-0.4, -0.2) is 43.0 Å². The van der Waals surface area contributed by atoms with Gasteiger partial charge in [-0.25, -0.2) is 15.2 Å². The average Bonchev–Trinajstić information content (AvgIpc) is 3.18. The molecule has 0 saturated carbocycles. The highest BCUT2D eigenvalue weighted by molar-refractivity contribution is 5.82. The van der Waals surface area contributed by atoms with E-state index in [0.29, 0.717) is 6.42 Å². The maximum Gasteiger partial charge on any atom is 0.241 e. The highest BCUT2D eigenvalue weighted by atomic mass is 19.1. The molecule has 27 heavy (non-hydrogen) atoms. The Hall–Kier alpha value is -2.44. The summed E-state index contributed by atoms with van der Waals surface area (Å²) < 4.78 is 13.1. The molecule has 2 aliphatic rings. The van der Waals surface area contributed by atoms with Crippen LogP contribution in [0.25, 0.3) is 0 Å². The first-order valence-electron chi connectivity index (χ1n) is 9.47. The van der Waals surface area contributed by atoms with E-state index in [1.165, 1.54) is 23.4 Å². The molecule has 0 radical (unpaired) electrons. The predicted octanol–water partition coefficient (Wildman–Crippen LogP) is 2.39. The normalized spacial score (nSPS) is 22.9. The molecule has 0 aliphatic carbocycles. The predicted molar refractivity (Wildman–Crippen MR) is 104 cm³/mol. The number of benzene rings is 2. The van der Waals surface area contributed by atoms with Gasteiger partial charge in [-0.15, -0.1) is 0 Å². The number of halogens is 1. The third-order valence-electron chi connectivity index (χ3n) is 5.43. The third-order valence-corrected chi connectivity index (χ3v) is 5.43. The van der Waals surface area contributed by atoms with Crippen molar-refractivity contribution >= 4 is 11.6 Å². The molecule has 2 aliphatic heterocycles. The lowest BCUT2D eigenvalue weighted by Crippen LogP contribution is -2.53. The number of amides is 1. The van der Waals surface area contributed by atoms with Gasteiger partial charge in [-0.05, 0) is 48.7 Å². The van der Waals surface area contributed by atoms with E-state index < -0.39 is 0 Å². The van der Waals surface area contributed by atoms with Gasteiger partial charge in [0, 0.05) is 37.9 Å². The van der Waals surface area contributed by atoms with Crippen molar-refractivity contribution in [3.63, 3.8) is 0 Å². The van der Waals surface area contributed by atoms with Crippen LogP contribution in [0.3, 0.4) is 0 Å². The Morgan fingerprint density at radius 3 is 2.48 bits per heavy atom. The molecule has 2 unspecified atom stereocenters. The van der Waals surface area contributed by atoms with Crippen molar-refractivity contribution in [2.45, 2.75) is 25.4 Å². The van der Waals surface area contributed by atoms with Crippen molar-refractivity contribution in [3.05, 3.63) is 65.5 Å². The first-order valence-corrected chi connectivity index (χ1v) is 9.47. The first-order chi connectivity index (χ1) is 13.1. The summed E-state index contributed by atoms with van der Waals surface area (Å²) >= 11 is 0. The molecular formula is C21H25FN4O. The van der Waals surface area contributed by atoms with Crippen LogP contribution in [-0.2, 0) is 4.79 Å². The number of nitrogens with zero attached hydrogens (tertiary/aromatic N) is 2. The minimum absolute atomic E-state index is 0.0214. The summed E-state index contributed by atoms with van der Waals surface area (Å²) in [6.07, 6.45) is 0.669. The molecule has 2 atom stereocenters. The Kier molecular flexibility index (Phi) is 5.09. The lowest BCUT2D eigenvalue weighted by atomic mass is 10.0. The molecule has 2 saturated heterocycles. The number of hydrogen-bond donors (Lipinski definition) is 2. The summed E-state index contributed by atoms with van der Waals surface area (Å²) in [6, 6.07) is 14.7. The Labute approximate surface area is 159 Å². The van der Waals surface area contributed by atoms with Gasteiger partial charge < -0.3 is 9.80 Å². The topological polar surface area (TPSA) is 47.6 Å². The molecule has 5 nitrogen and oxygen atoms in total. The summed E-state index contributed by atoms with van der Waals surface area (Å²) in [5, 5.41) is 0. The van der Waals surface area contributed by atoms with Gasteiger partial charge in [0.2, 0.25) is 5.91 Å². The minimum Gasteiger partial charge on any atom is -0.368 e. The number of hydrazine groups is 1. The fourth-order valence-electron chi connectivity index (χ4n) is 3.86. The Bertz CT molecular complexity index is 802. The van der Waals surface area contributed by atoms with Crippen molar-refractivity contribution in [2.24, 2.45) is 0 Å². The maximum absolute atomic E-state index is 13.1. The number of aryl methyl sites for hydroxylation is 1. The van der Waals surface area contributed by atoms with Crippen molar-refractivity contribution < 1.29 is 9.18 Å². The van der Waals surface area contributed by atoms with Crippen LogP contribution >= 0.6 is 0 Å². The van der Waals surface area contributed by atoms with Gasteiger partial charge in [0.15, 0.2) is 0 Å². The summed E-state index contributed by atoms with van der Waals surface area (Å²) in [6.45, 7) is 5.24. The zero-order valence-electron chi connectivity index (χ0n) is 15.5. The third kappa shape index (κ3) is 3.96. The van der Waals surface area contributed by atoms with Crippen LogP contribution in [0.15, 0.2) is 48.5 Å². The van der Waals surface area contributed by atoms with Gasteiger partial charge in [0.05, 0.1) is 0 Å². The molecule has 0 aromatic heterocycles. The number of nitrogens with one attached hydrogen (secondary N) is 2. The van der Waals surface area contributed by atoms with E-state index in [1.54, 1.807) is 12.1 Å². The molecule has 2 fully saturated rings. The van der Waals surface area contributed by atoms with E-state index in [0.717, 1.165) is 31.7 Å². The van der Waals surface area contributed by atoms with Crippen LogP contribution < -0.4 is 15.8 Å². The lowest BCUT2D eigenvalue weighted by molar-refractivity contribution is -0.133. The summed E-state index contributed by atoms with van der Waals surface area (Å²) in [5.74, 6) is -0.111. The van der Waals surface area contributed by atoms with Crippen LogP contribution in [0.2, 0.25) is 0 Å². The summed E-state index contributed by atoms with van der Waals surface area (Å²) in [7, 11) is 0. The highest BCUT2D eigenvalue weighted by Crippen LogP contribution is 2.24. The van der Waals surface area contributed by atoms with Crippen LogP contribution in [0.4, 0.5) is 10.1 Å². The lowest BCUT2D eigenvalue weighted by Gasteiger charge is -2.37. The van der Waals surface area contributed by atoms with Crippen LogP contribution in [0, 0.1) is 12.7 Å². The fraction of sp³-hybridized carbons (Fsp3) is 0.381. The Morgan fingerprint density at radius 1 is 1.04 bits per heavy atom. The Balaban J connectivity index is 1.32. The molecule has 1 amide bonds. The Morgan fingerprint density at radius 2 is 1.78 bits per heavy atom. The highest BCUT2D eigenvalue weighted by Gasteiger charge is 2.34. The fourth-order valence-corrected chi connectivity index (χ4v) is 3.86. The van der Waals surface area contributed by atoms with E-state index in [2.05, 4.69) is 46.9 Å². The largest absolute Gasteiger partial charge is 0.368 e. The monoisotopic (exact) mass is 368 g/mol. The molecule has 0 spiro atoms. The molecule has 2 N–H and O–H groups in total. The maximum atomic E-state index is 13.1. The van der Waals surface area contributed by atoms with Gasteiger partial charge in [-0.2, -0.15) is 0 Å². The molecule has 142 valence electrons. The van der Waals surface area contributed by atoms with E-state index in [9.17, 15) is 9.18 Å². The van der Waals surface area contributed by atoms with Crippen LogP contribution in [0.5, 0.6) is 0 Å². The number of carbonyl (C=O) groups is 1. The summed E-state index contributed by atoms with van der Waals surface area (Å²) in [4.78, 5) is 17.1. The van der Waals surface area contributed by atoms with Gasteiger partial charge in [-0.1, -0.05) is 24.3 Å². The second-order valence-corrected chi connectivity index (χ2v) is 7.33. The van der Waals surface area contributed by atoms with Gasteiger partial charge >= 0.3 is 0 Å². The number of rotatable bonds is 3. The minimum atomic E-state index is -0.246. The van der Waals surface area contributed by atoms with E-state index >= 15 is 0 Å². The van der Waals surface area contributed by atoms with Gasteiger partial charge in [0.1, 0.15) is 11.9 Å². The average molecular weight is 368 g/mol. The zero-order valence-corrected chi connectivity index (χ0v) is 15.5. The van der Waals surface area contributed by atoms with Gasteiger partial charge in [-0.3, -0.25) is 4.79 Å². The van der Waals surface area contributed by atoms with Crippen molar-refractivity contribution in [3.8, 4) is 0 Å². The number of anilines is 1. The van der Waals surface area contributed by atoms with Crippen molar-refractivity contribution in [2.75, 3.05) is 31.1 Å². The smallest absolute Gasteiger partial charge is 0.241 e. The van der Waals surface area contributed by atoms with E-state index in [4.69, 9.17) is 0 Å². The molecule has 2 aromatic carbocycles. The zero-order chi connectivity index (χ0) is 18.8. The molecular weight excluding hydrogens is 343 g/mol. The number of carbonyl (C=O) groups excluding carboxylic acids is 1. The van der Waals surface area contributed by atoms with E-state index in [-0.39, 0.29) is 23.8 Å². The first kappa shape index (κ1) is 17.9. The molecule has 4 rings (SSSR count). The SMILES string of the molecule is Cc1cccc(N2CCN(C(=O)C3CC(c4ccc(F)cc4)NN3)CC2)c1. The second-order valence-electron chi connectivity index (χ2n) is 7.33. The quantitative estimate of drug-likeness (QED) is 0.873. The molecule has 2 heterocycles. The number of hydrogen-bond acceptors (Lipinski definition) is 4. The van der Waals surface area contributed by atoms with Crippen molar-refractivity contribution in [1.29, 1.82) is 0 Å².